The summed E-state index contributed by atoms with van der Waals surface area (Å²) in [5, 5.41) is 6.02. The van der Waals surface area contributed by atoms with Crippen LogP contribution < -0.4 is 15.4 Å². The quantitative estimate of drug-likeness (QED) is 0.586. The fraction of sp³-hybridized carbons (Fsp3) is 0.136. The van der Waals surface area contributed by atoms with Crippen LogP contribution in [0.5, 0.6) is 5.75 Å². The molecule has 1 aromatic heterocycles. The molecule has 0 fully saturated rings. The Balaban J connectivity index is 1.77. The van der Waals surface area contributed by atoms with Crippen LogP contribution in [0, 0.1) is 0 Å². The lowest BCUT2D eigenvalue weighted by molar-refractivity contribution is 0.100. The van der Waals surface area contributed by atoms with Crippen molar-refractivity contribution >= 4 is 28.8 Å². The van der Waals surface area contributed by atoms with Crippen molar-refractivity contribution in [1.82, 2.24) is 4.98 Å². The van der Waals surface area contributed by atoms with Crippen molar-refractivity contribution in [2.75, 3.05) is 17.2 Å². The van der Waals surface area contributed by atoms with E-state index in [1.807, 2.05) is 31.2 Å². The summed E-state index contributed by atoms with van der Waals surface area (Å²) >= 11 is 0. The van der Waals surface area contributed by atoms with E-state index in [2.05, 4.69) is 15.6 Å². The van der Waals surface area contributed by atoms with Crippen LogP contribution in [-0.2, 0) is 0 Å². The normalized spacial score (nSPS) is 10.2. The molecule has 2 N–H and O–H groups in total. The van der Waals surface area contributed by atoms with Crippen LogP contribution in [-0.4, -0.2) is 23.3 Å². The number of hydrogen-bond acceptors (Lipinski definition) is 5. The van der Waals surface area contributed by atoms with Crippen molar-refractivity contribution in [3.63, 3.8) is 0 Å². The van der Waals surface area contributed by atoms with Gasteiger partial charge in [-0.1, -0.05) is 24.3 Å². The zero-order valence-electron chi connectivity index (χ0n) is 15.7. The van der Waals surface area contributed by atoms with E-state index in [4.69, 9.17) is 4.74 Å². The van der Waals surface area contributed by atoms with E-state index in [1.54, 1.807) is 42.6 Å². The minimum absolute atomic E-state index is 0.0617. The maximum atomic E-state index is 12.6. The molecule has 6 heteroatoms. The number of Topliss-reactive ketones (excluding diaryl/α,β-unsaturated/α-hetero) is 1. The monoisotopic (exact) mass is 375 g/mol. The number of hydrogen-bond donors (Lipinski definition) is 2. The Hall–Kier alpha value is -3.67. The molecule has 6 nitrogen and oxygen atoms in total. The molecule has 0 bridgehead atoms. The van der Waals surface area contributed by atoms with Crippen LogP contribution in [0.1, 0.15) is 34.7 Å². The molecule has 0 spiro atoms. The highest BCUT2D eigenvalue weighted by molar-refractivity contribution is 6.04. The predicted octanol–water partition coefficient (Wildman–Crippen LogP) is 4.68. The van der Waals surface area contributed by atoms with Crippen molar-refractivity contribution in [3.8, 4) is 5.75 Å². The van der Waals surface area contributed by atoms with Gasteiger partial charge in [-0.3, -0.25) is 14.6 Å². The van der Waals surface area contributed by atoms with Gasteiger partial charge in [-0.15, -0.1) is 0 Å². The predicted molar refractivity (Wildman–Crippen MR) is 110 cm³/mol. The minimum atomic E-state index is -0.359. The molecule has 142 valence electrons. The van der Waals surface area contributed by atoms with Gasteiger partial charge in [-0.05, 0) is 50.2 Å². The summed E-state index contributed by atoms with van der Waals surface area (Å²) in [4.78, 5) is 28.2. The van der Waals surface area contributed by atoms with Crippen molar-refractivity contribution < 1.29 is 14.3 Å². The van der Waals surface area contributed by atoms with Gasteiger partial charge in [0.05, 0.1) is 12.3 Å². The highest BCUT2D eigenvalue weighted by Crippen LogP contribution is 2.27. The zero-order valence-corrected chi connectivity index (χ0v) is 15.7. The number of ketones is 1. The van der Waals surface area contributed by atoms with E-state index in [9.17, 15) is 9.59 Å². The van der Waals surface area contributed by atoms with E-state index < -0.39 is 0 Å². The summed E-state index contributed by atoms with van der Waals surface area (Å²) in [7, 11) is 0. The summed E-state index contributed by atoms with van der Waals surface area (Å²) in [6.07, 6.45) is 1.56. The first-order valence-electron chi connectivity index (χ1n) is 8.94. The molecule has 0 saturated heterocycles. The van der Waals surface area contributed by atoms with Gasteiger partial charge in [0.1, 0.15) is 11.4 Å². The highest BCUT2D eigenvalue weighted by atomic mass is 16.5. The van der Waals surface area contributed by atoms with Gasteiger partial charge in [-0.2, -0.15) is 0 Å². The average molecular weight is 375 g/mol. The second-order valence-corrected chi connectivity index (χ2v) is 6.08. The number of benzene rings is 2. The molecule has 1 amide bonds. The number of aromatic nitrogens is 1. The third-order valence-electron chi connectivity index (χ3n) is 3.99. The number of ether oxygens (including phenoxy) is 1. The molecule has 0 aliphatic rings. The number of amides is 1. The first-order valence-corrected chi connectivity index (χ1v) is 8.94. The van der Waals surface area contributed by atoms with Gasteiger partial charge in [0, 0.05) is 23.1 Å². The molecule has 3 rings (SSSR count). The van der Waals surface area contributed by atoms with Gasteiger partial charge in [-0.25, -0.2) is 0 Å². The van der Waals surface area contributed by atoms with E-state index in [0.29, 0.717) is 23.5 Å². The first kappa shape index (κ1) is 19.1. The molecular weight excluding hydrogens is 354 g/mol. The molecule has 0 unspecified atom stereocenters. The lowest BCUT2D eigenvalue weighted by Crippen LogP contribution is -2.14. The summed E-state index contributed by atoms with van der Waals surface area (Å²) in [5.74, 6) is 0.310. The molecule has 2 aromatic carbocycles. The Morgan fingerprint density at radius 1 is 1.00 bits per heavy atom. The maximum absolute atomic E-state index is 12.6. The van der Waals surface area contributed by atoms with E-state index in [1.165, 1.54) is 6.92 Å². The second kappa shape index (κ2) is 8.81. The van der Waals surface area contributed by atoms with Crippen molar-refractivity contribution in [2.45, 2.75) is 13.8 Å². The molecule has 0 aliphatic carbocycles. The van der Waals surface area contributed by atoms with Crippen LogP contribution in [0.4, 0.5) is 17.1 Å². The number of pyridine rings is 1. The van der Waals surface area contributed by atoms with Gasteiger partial charge in [0.15, 0.2) is 5.78 Å². The smallest absolute Gasteiger partial charge is 0.274 e. The number of nitrogens with zero attached hydrogens (tertiary/aromatic N) is 1. The fourth-order valence-electron chi connectivity index (χ4n) is 2.65. The van der Waals surface area contributed by atoms with Gasteiger partial charge < -0.3 is 15.4 Å². The SMILES string of the molecule is CCOc1ccccc1Nc1ccnc(C(=O)Nc2cccc(C(C)=O)c2)c1. The molecule has 0 radical (unpaired) electrons. The first-order chi connectivity index (χ1) is 13.6. The van der Waals surface area contributed by atoms with E-state index in [-0.39, 0.29) is 17.4 Å². The molecule has 1 heterocycles. The lowest BCUT2D eigenvalue weighted by atomic mass is 10.1. The maximum Gasteiger partial charge on any atom is 0.274 e. The van der Waals surface area contributed by atoms with Gasteiger partial charge in [0.2, 0.25) is 0 Å². The third kappa shape index (κ3) is 4.73. The van der Waals surface area contributed by atoms with Crippen LogP contribution in [0.2, 0.25) is 0 Å². The summed E-state index contributed by atoms with van der Waals surface area (Å²) in [6.45, 7) is 3.96. The van der Waals surface area contributed by atoms with Crippen LogP contribution in [0.3, 0.4) is 0 Å². The standard InChI is InChI=1S/C22H21N3O3/c1-3-28-21-10-5-4-9-19(21)24-18-11-12-23-20(14-18)22(27)25-17-8-6-7-16(13-17)15(2)26/h4-14H,3H2,1-2H3,(H,23,24)(H,25,27). The molecule has 0 aliphatic heterocycles. The topological polar surface area (TPSA) is 80.3 Å². The van der Waals surface area contributed by atoms with Crippen LogP contribution in [0.25, 0.3) is 0 Å². The lowest BCUT2D eigenvalue weighted by Gasteiger charge is -2.13. The fourth-order valence-corrected chi connectivity index (χ4v) is 2.65. The zero-order chi connectivity index (χ0) is 19.9. The van der Waals surface area contributed by atoms with E-state index >= 15 is 0 Å². The van der Waals surface area contributed by atoms with E-state index in [0.717, 1.165) is 11.4 Å². The molecule has 0 atom stereocenters. The Kier molecular flexibility index (Phi) is 6.01. The average Bonchev–Trinajstić information content (AvgIpc) is 2.70. The van der Waals surface area contributed by atoms with Gasteiger partial charge >= 0.3 is 0 Å². The van der Waals surface area contributed by atoms with Crippen molar-refractivity contribution in [1.29, 1.82) is 0 Å². The number of anilines is 3. The number of rotatable bonds is 7. The number of para-hydroxylation sites is 2. The van der Waals surface area contributed by atoms with Crippen LogP contribution >= 0.6 is 0 Å². The summed E-state index contributed by atoms with van der Waals surface area (Å²) < 4.78 is 5.61. The molecule has 3 aromatic rings. The van der Waals surface area contributed by atoms with Crippen molar-refractivity contribution in [2.24, 2.45) is 0 Å². The Bertz CT molecular complexity index is 1000. The summed E-state index contributed by atoms with van der Waals surface area (Å²) in [6, 6.07) is 17.8. The summed E-state index contributed by atoms with van der Waals surface area (Å²) in [5.41, 5.74) is 2.85. The number of nitrogens with one attached hydrogen (secondary N) is 2. The third-order valence-corrected chi connectivity index (χ3v) is 3.99. The van der Waals surface area contributed by atoms with Crippen molar-refractivity contribution in [3.05, 3.63) is 78.1 Å². The minimum Gasteiger partial charge on any atom is -0.492 e. The Morgan fingerprint density at radius 2 is 1.82 bits per heavy atom. The number of carbonyl (C=O) groups is 2. The molecule has 28 heavy (non-hydrogen) atoms. The Morgan fingerprint density at radius 3 is 2.61 bits per heavy atom. The van der Waals surface area contributed by atoms with Crippen LogP contribution in [0.15, 0.2) is 66.9 Å². The largest absolute Gasteiger partial charge is 0.492 e. The second-order valence-electron chi connectivity index (χ2n) is 6.08. The molecule has 0 saturated carbocycles. The number of carbonyl (C=O) groups excluding carboxylic acids is 2. The molecular formula is C22H21N3O3. The van der Waals surface area contributed by atoms with Gasteiger partial charge in [0.25, 0.3) is 5.91 Å². The Labute approximate surface area is 163 Å². The highest BCUT2D eigenvalue weighted by Gasteiger charge is 2.11.